The molecular weight excluding hydrogens is 426 g/mol. The number of aliphatic hydroxyl groups is 1. The Morgan fingerprint density at radius 3 is 2.59 bits per heavy atom. The largest absolute Gasteiger partial charge is 0.507 e. The number of aromatic nitrogens is 2. The molecule has 1 saturated heterocycles. The number of hydrogen-bond donors (Lipinski definition) is 1. The van der Waals surface area contributed by atoms with E-state index < -0.39 is 17.7 Å². The van der Waals surface area contributed by atoms with Crippen molar-refractivity contribution in [2.45, 2.75) is 32.7 Å². The Morgan fingerprint density at radius 1 is 1.12 bits per heavy atom. The van der Waals surface area contributed by atoms with Crippen molar-refractivity contribution in [2.75, 3.05) is 11.5 Å². The fourth-order valence-corrected chi connectivity index (χ4v) is 4.30. The molecular formula is C24H23N3O4S. The average molecular weight is 450 g/mol. The maximum absolute atomic E-state index is 13.1. The van der Waals surface area contributed by atoms with Gasteiger partial charge in [-0.3, -0.25) is 14.5 Å². The molecule has 0 aliphatic carbocycles. The van der Waals surface area contributed by atoms with E-state index in [-0.39, 0.29) is 11.3 Å². The molecule has 0 bridgehead atoms. The van der Waals surface area contributed by atoms with Crippen LogP contribution in [0.1, 0.15) is 41.9 Å². The van der Waals surface area contributed by atoms with Gasteiger partial charge in [0, 0.05) is 5.56 Å². The Labute approximate surface area is 190 Å². The lowest BCUT2D eigenvalue weighted by atomic mass is 9.95. The highest BCUT2D eigenvalue weighted by atomic mass is 32.1. The molecule has 8 heteroatoms. The van der Waals surface area contributed by atoms with Crippen LogP contribution in [0.15, 0.2) is 60.2 Å². The van der Waals surface area contributed by atoms with E-state index in [4.69, 9.17) is 4.74 Å². The summed E-state index contributed by atoms with van der Waals surface area (Å²) < 4.78 is 5.83. The Hall–Kier alpha value is -3.52. The number of ketones is 1. The molecule has 4 rings (SSSR count). The number of hydrogen-bond acceptors (Lipinski definition) is 7. The second-order valence-electron chi connectivity index (χ2n) is 7.41. The molecule has 32 heavy (non-hydrogen) atoms. The molecule has 1 aliphatic heterocycles. The molecule has 2 heterocycles. The SMILES string of the molecule is CCCCOc1cccc(C2C(=C(O)c3ccccc3)C(=O)C(=O)N2c2nnc(C)s2)c1. The summed E-state index contributed by atoms with van der Waals surface area (Å²) in [5, 5.41) is 20.1. The molecule has 1 aliphatic rings. The van der Waals surface area contributed by atoms with Crippen LogP contribution in [0.2, 0.25) is 0 Å². The van der Waals surface area contributed by atoms with Crippen molar-refractivity contribution in [1.29, 1.82) is 0 Å². The third kappa shape index (κ3) is 4.13. The Balaban J connectivity index is 1.85. The summed E-state index contributed by atoms with van der Waals surface area (Å²) in [5.74, 6) is -1.10. The van der Waals surface area contributed by atoms with Gasteiger partial charge in [0.1, 0.15) is 16.5 Å². The smallest absolute Gasteiger partial charge is 0.301 e. The molecule has 1 amide bonds. The highest BCUT2D eigenvalue weighted by molar-refractivity contribution is 7.15. The molecule has 164 valence electrons. The van der Waals surface area contributed by atoms with Crippen LogP contribution in [-0.2, 0) is 9.59 Å². The zero-order valence-electron chi connectivity index (χ0n) is 17.8. The van der Waals surface area contributed by atoms with Crippen molar-refractivity contribution < 1.29 is 19.4 Å². The summed E-state index contributed by atoms with van der Waals surface area (Å²) in [6.07, 6.45) is 1.92. The first-order valence-corrected chi connectivity index (χ1v) is 11.2. The number of carbonyl (C=O) groups is 2. The van der Waals surface area contributed by atoms with Gasteiger partial charge in [0.05, 0.1) is 18.2 Å². The van der Waals surface area contributed by atoms with Crippen LogP contribution in [0.25, 0.3) is 5.76 Å². The molecule has 0 radical (unpaired) electrons. The maximum Gasteiger partial charge on any atom is 0.301 e. The standard InChI is InChI=1S/C24H23N3O4S/c1-3-4-13-31-18-12-8-11-17(14-18)20-19(21(28)16-9-6-5-7-10-16)22(29)23(30)27(20)24-26-25-15(2)32-24/h5-12,14,20,28H,3-4,13H2,1-2H3. The summed E-state index contributed by atoms with van der Waals surface area (Å²) in [4.78, 5) is 27.5. The minimum absolute atomic E-state index is 0.0137. The number of carbonyl (C=O) groups excluding carboxylic acids is 2. The summed E-state index contributed by atoms with van der Waals surface area (Å²) >= 11 is 1.21. The second-order valence-corrected chi connectivity index (χ2v) is 8.57. The lowest BCUT2D eigenvalue weighted by molar-refractivity contribution is -0.132. The first-order chi connectivity index (χ1) is 15.5. The van der Waals surface area contributed by atoms with Gasteiger partial charge in [0.25, 0.3) is 5.78 Å². The topological polar surface area (TPSA) is 92.6 Å². The third-order valence-corrected chi connectivity index (χ3v) is 5.99. The molecule has 1 aromatic heterocycles. The van der Waals surface area contributed by atoms with Gasteiger partial charge in [-0.2, -0.15) is 0 Å². The van der Waals surface area contributed by atoms with Gasteiger partial charge in [-0.05, 0) is 31.0 Å². The fraction of sp³-hybridized carbons (Fsp3) is 0.250. The van der Waals surface area contributed by atoms with Crippen LogP contribution in [0.4, 0.5) is 5.13 Å². The lowest BCUT2D eigenvalue weighted by Gasteiger charge is -2.23. The molecule has 1 unspecified atom stereocenters. The number of Topliss-reactive ketones (excluding diaryl/α,β-unsaturated/α-hetero) is 1. The predicted molar refractivity (Wildman–Crippen MR) is 123 cm³/mol. The van der Waals surface area contributed by atoms with Gasteiger partial charge < -0.3 is 9.84 Å². The summed E-state index contributed by atoms with van der Waals surface area (Å²) in [7, 11) is 0. The summed E-state index contributed by atoms with van der Waals surface area (Å²) in [6.45, 7) is 4.43. The first-order valence-electron chi connectivity index (χ1n) is 10.4. The number of aryl methyl sites for hydroxylation is 1. The number of unbranched alkanes of at least 4 members (excludes halogenated alkanes) is 1. The van der Waals surface area contributed by atoms with Gasteiger partial charge in [-0.1, -0.05) is 67.1 Å². The third-order valence-electron chi connectivity index (χ3n) is 5.15. The van der Waals surface area contributed by atoms with Gasteiger partial charge in [0.15, 0.2) is 0 Å². The van der Waals surface area contributed by atoms with Crippen LogP contribution < -0.4 is 9.64 Å². The highest BCUT2D eigenvalue weighted by Crippen LogP contribution is 2.43. The van der Waals surface area contributed by atoms with Gasteiger partial charge in [-0.15, -0.1) is 10.2 Å². The van der Waals surface area contributed by atoms with E-state index in [0.29, 0.717) is 33.6 Å². The number of aliphatic hydroxyl groups excluding tert-OH is 1. The number of anilines is 1. The molecule has 1 fully saturated rings. The zero-order chi connectivity index (χ0) is 22.7. The van der Waals surface area contributed by atoms with E-state index in [0.717, 1.165) is 12.8 Å². The van der Waals surface area contributed by atoms with Crippen LogP contribution in [0.3, 0.4) is 0 Å². The summed E-state index contributed by atoms with van der Waals surface area (Å²) in [6, 6.07) is 15.1. The fourth-order valence-electron chi connectivity index (χ4n) is 3.59. The monoisotopic (exact) mass is 449 g/mol. The number of amides is 1. The van der Waals surface area contributed by atoms with E-state index in [1.54, 1.807) is 37.3 Å². The van der Waals surface area contributed by atoms with E-state index in [9.17, 15) is 14.7 Å². The van der Waals surface area contributed by atoms with Crippen molar-refractivity contribution in [2.24, 2.45) is 0 Å². The van der Waals surface area contributed by atoms with Crippen molar-refractivity contribution in [1.82, 2.24) is 10.2 Å². The molecule has 0 saturated carbocycles. The minimum atomic E-state index is -0.850. The van der Waals surface area contributed by atoms with Crippen molar-refractivity contribution in [3.8, 4) is 5.75 Å². The Kier molecular flexibility index (Phi) is 6.32. The molecule has 1 atom stereocenters. The zero-order valence-corrected chi connectivity index (χ0v) is 18.6. The normalized spacial score (nSPS) is 17.7. The van der Waals surface area contributed by atoms with E-state index >= 15 is 0 Å². The van der Waals surface area contributed by atoms with Crippen molar-refractivity contribution in [3.63, 3.8) is 0 Å². The van der Waals surface area contributed by atoms with Gasteiger partial charge in [0.2, 0.25) is 5.13 Å². The predicted octanol–water partition coefficient (Wildman–Crippen LogP) is 4.65. The van der Waals surface area contributed by atoms with Crippen LogP contribution in [0, 0.1) is 6.92 Å². The van der Waals surface area contributed by atoms with E-state index in [2.05, 4.69) is 17.1 Å². The number of rotatable bonds is 7. The maximum atomic E-state index is 13.1. The number of nitrogens with zero attached hydrogens (tertiary/aromatic N) is 3. The van der Waals surface area contributed by atoms with Crippen LogP contribution >= 0.6 is 11.3 Å². The van der Waals surface area contributed by atoms with Crippen LogP contribution in [0.5, 0.6) is 5.75 Å². The number of ether oxygens (including phenoxy) is 1. The molecule has 3 aromatic rings. The van der Waals surface area contributed by atoms with Crippen molar-refractivity contribution >= 4 is 33.9 Å². The first kappa shape index (κ1) is 21.7. The molecule has 0 spiro atoms. The minimum Gasteiger partial charge on any atom is -0.507 e. The lowest BCUT2D eigenvalue weighted by Crippen LogP contribution is -2.29. The van der Waals surface area contributed by atoms with Gasteiger partial charge in [-0.25, -0.2) is 0 Å². The quantitative estimate of drug-likeness (QED) is 0.244. The van der Waals surface area contributed by atoms with Crippen molar-refractivity contribution in [3.05, 3.63) is 76.3 Å². The summed E-state index contributed by atoms with van der Waals surface area (Å²) in [5.41, 5.74) is 1.11. The van der Waals surface area contributed by atoms with E-state index in [1.807, 2.05) is 24.3 Å². The highest BCUT2D eigenvalue weighted by Gasteiger charge is 2.48. The average Bonchev–Trinajstić information content (AvgIpc) is 3.35. The number of benzene rings is 2. The Morgan fingerprint density at radius 2 is 1.91 bits per heavy atom. The second kappa shape index (κ2) is 9.32. The van der Waals surface area contributed by atoms with E-state index in [1.165, 1.54) is 16.2 Å². The van der Waals surface area contributed by atoms with Gasteiger partial charge >= 0.3 is 5.91 Å². The molecule has 7 nitrogen and oxygen atoms in total. The molecule has 1 N–H and O–H groups in total. The Bertz CT molecular complexity index is 1170. The molecule has 2 aromatic carbocycles. The van der Waals surface area contributed by atoms with Crippen LogP contribution in [-0.4, -0.2) is 33.6 Å².